The number of methoxy groups -OCH3 is 2. The second kappa shape index (κ2) is 23.6. The molecule has 0 aliphatic heterocycles. The van der Waals surface area contributed by atoms with Crippen molar-refractivity contribution in [1.82, 2.24) is 0 Å². The third kappa shape index (κ3) is 31.5. The van der Waals surface area contributed by atoms with E-state index in [-0.39, 0.29) is 31.0 Å². The second-order valence-electron chi connectivity index (χ2n) is 1.97. The first-order valence-corrected chi connectivity index (χ1v) is 5.42. The summed E-state index contributed by atoms with van der Waals surface area (Å²) >= 11 is 1.65. The Kier molecular flexibility index (Phi) is 36.9. The quantitative estimate of drug-likeness (QED) is 0.342. The summed E-state index contributed by atoms with van der Waals surface area (Å²) in [5.74, 6) is 0. The van der Waals surface area contributed by atoms with Gasteiger partial charge < -0.3 is 18.5 Å². The zero-order chi connectivity index (χ0) is 9.66. The van der Waals surface area contributed by atoms with E-state index in [2.05, 4.69) is 9.47 Å². The van der Waals surface area contributed by atoms with Crippen LogP contribution in [0.4, 0.5) is 0 Å². The van der Waals surface area contributed by atoms with Gasteiger partial charge in [0.25, 0.3) is 0 Å². The van der Waals surface area contributed by atoms with Crippen LogP contribution in [-0.2, 0) is 17.1 Å². The molecule has 0 aromatic heterocycles. The van der Waals surface area contributed by atoms with E-state index in [1.54, 1.807) is 14.2 Å². The monoisotopic (exact) mass is 232 g/mol. The van der Waals surface area contributed by atoms with Gasteiger partial charge >= 0.3 is 62.8 Å². The molecule has 0 unspecified atom stereocenters. The Labute approximate surface area is 121 Å². The normalized spacial score (nSPS) is 8.15. The minimum absolute atomic E-state index is 0. The van der Waals surface area contributed by atoms with Gasteiger partial charge in [-0.25, -0.2) is 0 Å². The average molecular weight is 232 g/mol. The van der Waals surface area contributed by atoms with Gasteiger partial charge in [-0.2, -0.15) is 0 Å². The number of rotatable bonds is 6. The molecule has 0 rings (SSSR count). The van der Waals surface area contributed by atoms with Crippen LogP contribution in [0.5, 0.6) is 0 Å². The Bertz CT molecular complexity index is 59.8. The van der Waals surface area contributed by atoms with E-state index < -0.39 is 0 Å². The SMILES string of the molecule is COCC[O][AlH2].COCC[O][AlH2].[H-].[Na+]. The molecule has 0 fully saturated rings. The Morgan fingerprint density at radius 3 is 1.23 bits per heavy atom. The molecule has 0 heterocycles. The topological polar surface area (TPSA) is 36.9 Å². The van der Waals surface area contributed by atoms with Crippen molar-refractivity contribution in [1.29, 1.82) is 0 Å². The molecule has 0 bridgehead atoms. The molecular formula is C6H19Al2NaO4. The fourth-order valence-electron chi connectivity index (χ4n) is 0.333. The Morgan fingerprint density at radius 2 is 1.15 bits per heavy atom. The molecule has 74 valence electrons. The fraction of sp³-hybridized carbons (Fsp3) is 1.00. The van der Waals surface area contributed by atoms with Crippen molar-refractivity contribution in [2.75, 3.05) is 40.6 Å². The summed E-state index contributed by atoms with van der Waals surface area (Å²) in [6.45, 7) is 2.96. The van der Waals surface area contributed by atoms with E-state index >= 15 is 0 Å². The van der Waals surface area contributed by atoms with E-state index in [9.17, 15) is 0 Å². The van der Waals surface area contributed by atoms with Crippen LogP contribution in [0.25, 0.3) is 0 Å². The molecular weight excluding hydrogens is 213 g/mol. The van der Waals surface area contributed by atoms with Crippen LogP contribution in [0.15, 0.2) is 0 Å². The molecule has 0 aromatic carbocycles. The number of hydrogen-bond donors (Lipinski definition) is 0. The molecule has 0 spiro atoms. The van der Waals surface area contributed by atoms with Crippen LogP contribution < -0.4 is 29.6 Å². The van der Waals surface area contributed by atoms with Crippen molar-refractivity contribution in [2.45, 2.75) is 0 Å². The molecule has 0 aliphatic rings. The summed E-state index contributed by atoms with van der Waals surface area (Å²) in [5.41, 5.74) is 0. The van der Waals surface area contributed by atoms with Crippen molar-refractivity contribution in [3.8, 4) is 0 Å². The molecule has 7 heteroatoms. The predicted molar refractivity (Wildman–Crippen MR) is 53.9 cm³/mol. The minimum atomic E-state index is 0. The third-order valence-electron chi connectivity index (χ3n) is 0.983. The van der Waals surface area contributed by atoms with Gasteiger partial charge in [0.1, 0.15) is 0 Å². The summed E-state index contributed by atoms with van der Waals surface area (Å²) in [6, 6.07) is 0. The molecule has 0 radical (unpaired) electrons. The van der Waals surface area contributed by atoms with Gasteiger partial charge in [0.15, 0.2) is 0 Å². The Balaban J connectivity index is -0.0000000625. The summed E-state index contributed by atoms with van der Waals surface area (Å²) in [4.78, 5) is 0. The van der Waals surface area contributed by atoms with E-state index in [1.165, 1.54) is 0 Å². The molecule has 0 amide bonds. The maximum atomic E-state index is 4.80. The van der Waals surface area contributed by atoms with Gasteiger partial charge in [-0.15, -0.1) is 0 Å². The van der Waals surface area contributed by atoms with Crippen molar-refractivity contribution >= 4 is 33.2 Å². The molecule has 13 heavy (non-hydrogen) atoms. The van der Waals surface area contributed by atoms with Gasteiger partial charge in [0, 0.05) is 27.4 Å². The number of ether oxygens (including phenoxy) is 2. The van der Waals surface area contributed by atoms with E-state index in [1.807, 2.05) is 0 Å². The smallest absolute Gasteiger partial charge is 1.00 e. The van der Waals surface area contributed by atoms with Crippen molar-refractivity contribution < 1.29 is 48.0 Å². The van der Waals surface area contributed by atoms with Gasteiger partial charge in [-0.3, -0.25) is 0 Å². The van der Waals surface area contributed by atoms with E-state index in [4.69, 9.17) is 7.58 Å². The summed E-state index contributed by atoms with van der Waals surface area (Å²) in [6.07, 6.45) is 0. The predicted octanol–water partition coefficient (Wildman–Crippen LogP) is -4.49. The van der Waals surface area contributed by atoms with E-state index in [0.717, 1.165) is 59.7 Å². The van der Waals surface area contributed by atoms with Gasteiger partial charge in [-0.05, 0) is 0 Å². The van der Waals surface area contributed by atoms with Crippen LogP contribution in [0.3, 0.4) is 0 Å². The fourth-order valence-corrected chi connectivity index (χ4v) is 0.667. The number of hydrogen-bond acceptors (Lipinski definition) is 4. The van der Waals surface area contributed by atoms with Crippen molar-refractivity contribution in [3.63, 3.8) is 0 Å². The van der Waals surface area contributed by atoms with Gasteiger partial charge in [0.2, 0.25) is 0 Å². The van der Waals surface area contributed by atoms with Crippen LogP contribution in [0.2, 0.25) is 0 Å². The maximum Gasteiger partial charge on any atom is 1.00 e. The average Bonchev–Trinajstić information content (AvgIpc) is 2.12. The van der Waals surface area contributed by atoms with Crippen LogP contribution in [0, 0.1) is 0 Å². The molecule has 0 saturated carbocycles. The standard InChI is InChI=1S/2C3H7O2.2Al.Na.5H/c2*1-5-3-2-4;;;;;;;;/h2*2-3H2,1H3;;;;;;;;/q2*-1;3*+1;;;;;-1. The molecule has 4 nitrogen and oxygen atoms in total. The summed E-state index contributed by atoms with van der Waals surface area (Å²) in [5, 5.41) is 0. The zero-order valence-electron chi connectivity index (χ0n) is 10.5. The van der Waals surface area contributed by atoms with Crippen molar-refractivity contribution in [2.24, 2.45) is 0 Å². The zero-order valence-corrected chi connectivity index (χ0v) is 15.5. The van der Waals surface area contributed by atoms with E-state index in [0.29, 0.717) is 0 Å². The summed E-state index contributed by atoms with van der Waals surface area (Å²) in [7, 11) is 3.33. The minimum Gasteiger partial charge on any atom is -1.00 e. The maximum absolute atomic E-state index is 4.80. The summed E-state index contributed by atoms with van der Waals surface area (Å²) < 4.78 is 19.0. The first kappa shape index (κ1) is 20.3. The molecule has 0 N–H and O–H groups in total. The van der Waals surface area contributed by atoms with Crippen molar-refractivity contribution in [3.05, 3.63) is 0 Å². The Hall–Kier alpha value is 1.90. The molecule has 0 saturated heterocycles. The second-order valence-corrected chi connectivity index (χ2v) is 3.13. The first-order chi connectivity index (χ1) is 5.83. The van der Waals surface area contributed by atoms with Crippen LogP contribution in [0.1, 0.15) is 1.43 Å². The largest absolute Gasteiger partial charge is 1.00 e. The van der Waals surface area contributed by atoms with Gasteiger partial charge in [-0.1, -0.05) is 0 Å². The molecule has 0 aromatic rings. The third-order valence-corrected chi connectivity index (χ3v) is 1.80. The van der Waals surface area contributed by atoms with Crippen LogP contribution >= 0.6 is 0 Å². The Morgan fingerprint density at radius 1 is 0.846 bits per heavy atom. The van der Waals surface area contributed by atoms with Gasteiger partial charge in [0.05, 0.1) is 13.2 Å². The molecule has 0 aliphatic carbocycles. The van der Waals surface area contributed by atoms with Crippen LogP contribution in [-0.4, -0.2) is 73.9 Å². The molecule has 0 atom stereocenters. The first-order valence-electron chi connectivity index (χ1n) is 3.79.